The highest BCUT2D eigenvalue weighted by Crippen LogP contribution is 1.88. The molecule has 0 aromatic carbocycles. The van der Waals surface area contributed by atoms with E-state index >= 15 is 0 Å². The van der Waals surface area contributed by atoms with E-state index in [1.807, 2.05) is 6.92 Å². The molecule has 0 aliphatic heterocycles. The molecular formula is C8H13NO2. The van der Waals surface area contributed by atoms with Crippen molar-refractivity contribution in [3.05, 3.63) is 0 Å². The Morgan fingerprint density at radius 2 is 2.36 bits per heavy atom. The first-order valence-electron chi connectivity index (χ1n) is 3.44. The van der Waals surface area contributed by atoms with E-state index in [0.717, 1.165) is 0 Å². The molecule has 0 saturated carbocycles. The largest absolute Gasteiger partial charge is 0.453 e. The van der Waals surface area contributed by atoms with Gasteiger partial charge in [0.2, 0.25) is 0 Å². The van der Waals surface area contributed by atoms with Crippen molar-refractivity contribution >= 4 is 6.09 Å². The Morgan fingerprint density at radius 3 is 2.82 bits per heavy atom. The molecule has 0 spiro atoms. The van der Waals surface area contributed by atoms with Gasteiger partial charge in [0.25, 0.3) is 0 Å². The summed E-state index contributed by atoms with van der Waals surface area (Å²) in [6.07, 6.45) is 0.251. The fourth-order valence-corrected chi connectivity index (χ4v) is 0.566. The quantitative estimate of drug-likeness (QED) is 0.607. The van der Waals surface area contributed by atoms with Gasteiger partial charge in [-0.1, -0.05) is 0 Å². The summed E-state index contributed by atoms with van der Waals surface area (Å²) in [5.41, 5.74) is 0. The first-order valence-corrected chi connectivity index (χ1v) is 3.44. The van der Waals surface area contributed by atoms with E-state index < -0.39 is 6.09 Å². The Morgan fingerprint density at radius 1 is 1.73 bits per heavy atom. The summed E-state index contributed by atoms with van der Waals surface area (Å²) in [7, 11) is 1.34. The van der Waals surface area contributed by atoms with Crippen LogP contribution in [0.3, 0.4) is 0 Å². The molecule has 3 nitrogen and oxygen atoms in total. The Labute approximate surface area is 67.1 Å². The number of hydrogen-bond acceptors (Lipinski definition) is 2. The maximum absolute atomic E-state index is 10.6. The molecule has 0 rings (SSSR count). The zero-order valence-electron chi connectivity index (χ0n) is 7.10. The number of nitrogens with one attached hydrogen (secondary N) is 1. The lowest BCUT2D eigenvalue weighted by molar-refractivity contribution is 0.167. The van der Waals surface area contributed by atoms with E-state index in [0.29, 0.717) is 6.42 Å². The highest BCUT2D eigenvalue weighted by molar-refractivity contribution is 5.67. The molecule has 0 bridgehead atoms. The van der Waals surface area contributed by atoms with Gasteiger partial charge in [-0.15, -0.1) is 11.8 Å². The molecule has 1 N–H and O–H groups in total. The van der Waals surface area contributed by atoms with Gasteiger partial charge in [-0.05, 0) is 13.8 Å². The zero-order chi connectivity index (χ0) is 8.69. The van der Waals surface area contributed by atoms with E-state index in [4.69, 9.17) is 0 Å². The second-order valence-electron chi connectivity index (χ2n) is 2.17. The van der Waals surface area contributed by atoms with Crippen LogP contribution in [-0.2, 0) is 4.74 Å². The van der Waals surface area contributed by atoms with Crippen LogP contribution in [0.4, 0.5) is 4.79 Å². The predicted octanol–water partition coefficient (Wildman–Crippen LogP) is 1.14. The molecule has 1 amide bonds. The molecule has 0 saturated heterocycles. The smallest absolute Gasteiger partial charge is 0.407 e. The predicted molar refractivity (Wildman–Crippen MR) is 43.1 cm³/mol. The Bertz CT molecular complexity index is 178. The normalized spacial score (nSPS) is 10.8. The lowest BCUT2D eigenvalue weighted by Gasteiger charge is -2.08. The molecule has 0 aliphatic carbocycles. The number of carbonyl (C=O) groups is 1. The van der Waals surface area contributed by atoms with Gasteiger partial charge in [0.15, 0.2) is 0 Å². The van der Waals surface area contributed by atoms with Crippen molar-refractivity contribution in [3.63, 3.8) is 0 Å². The lowest BCUT2D eigenvalue weighted by Crippen LogP contribution is -2.31. The van der Waals surface area contributed by atoms with Crippen molar-refractivity contribution in [2.45, 2.75) is 26.3 Å². The molecule has 0 fully saturated rings. The number of methoxy groups -OCH3 is 1. The monoisotopic (exact) mass is 155 g/mol. The Kier molecular flexibility index (Phi) is 5.01. The number of alkyl carbamates (subject to hydrolysis) is 1. The maximum atomic E-state index is 10.6. The summed E-state index contributed by atoms with van der Waals surface area (Å²) < 4.78 is 4.40. The van der Waals surface area contributed by atoms with Gasteiger partial charge in [0, 0.05) is 12.5 Å². The van der Waals surface area contributed by atoms with Crippen LogP contribution in [-0.4, -0.2) is 19.2 Å². The van der Waals surface area contributed by atoms with Gasteiger partial charge in [0.05, 0.1) is 7.11 Å². The molecular weight excluding hydrogens is 142 g/mol. The van der Waals surface area contributed by atoms with Crippen molar-refractivity contribution in [1.82, 2.24) is 5.32 Å². The SMILES string of the molecule is CC#CCC(C)NC(=O)OC. The molecule has 0 aromatic rings. The van der Waals surface area contributed by atoms with Crippen LogP contribution in [0.15, 0.2) is 0 Å². The number of amides is 1. The van der Waals surface area contributed by atoms with Crippen LogP contribution in [0.2, 0.25) is 0 Å². The van der Waals surface area contributed by atoms with Gasteiger partial charge in [-0.25, -0.2) is 4.79 Å². The molecule has 0 radical (unpaired) electrons. The summed E-state index contributed by atoms with van der Waals surface area (Å²) in [6, 6.07) is 0.0508. The minimum atomic E-state index is -0.407. The highest BCUT2D eigenvalue weighted by Gasteiger charge is 2.03. The van der Waals surface area contributed by atoms with Crippen molar-refractivity contribution in [2.24, 2.45) is 0 Å². The van der Waals surface area contributed by atoms with E-state index in [1.165, 1.54) is 7.11 Å². The van der Waals surface area contributed by atoms with Crippen molar-refractivity contribution in [1.29, 1.82) is 0 Å². The van der Waals surface area contributed by atoms with Crippen LogP contribution in [0.25, 0.3) is 0 Å². The van der Waals surface area contributed by atoms with Crippen molar-refractivity contribution < 1.29 is 9.53 Å². The zero-order valence-corrected chi connectivity index (χ0v) is 7.10. The third-order valence-electron chi connectivity index (χ3n) is 1.13. The van der Waals surface area contributed by atoms with Gasteiger partial charge >= 0.3 is 6.09 Å². The standard InChI is InChI=1S/C8H13NO2/c1-4-5-6-7(2)9-8(10)11-3/h7H,6H2,1-3H3,(H,9,10). The molecule has 62 valence electrons. The average Bonchev–Trinajstić information content (AvgIpc) is 2.00. The van der Waals surface area contributed by atoms with Gasteiger partial charge in [-0.2, -0.15) is 0 Å². The summed E-state index contributed by atoms with van der Waals surface area (Å²) in [4.78, 5) is 10.6. The van der Waals surface area contributed by atoms with Crippen molar-refractivity contribution in [2.75, 3.05) is 7.11 Å². The Balaban J connectivity index is 3.57. The first kappa shape index (κ1) is 9.83. The average molecular weight is 155 g/mol. The van der Waals surface area contributed by atoms with Crippen molar-refractivity contribution in [3.8, 4) is 11.8 Å². The topological polar surface area (TPSA) is 38.3 Å². The summed E-state index contributed by atoms with van der Waals surface area (Å²) in [5, 5.41) is 2.60. The molecule has 3 heteroatoms. The Hall–Kier alpha value is -1.17. The van der Waals surface area contributed by atoms with E-state index in [-0.39, 0.29) is 6.04 Å². The summed E-state index contributed by atoms with van der Waals surface area (Å²) in [6.45, 7) is 3.64. The van der Waals surface area contributed by atoms with Crippen LogP contribution < -0.4 is 5.32 Å². The molecule has 11 heavy (non-hydrogen) atoms. The van der Waals surface area contributed by atoms with Crippen LogP contribution >= 0.6 is 0 Å². The third kappa shape index (κ3) is 5.28. The fourth-order valence-electron chi connectivity index (χ4n) is 0.566. The van der Waals surface area contributed by atoms with Crippen LogP contribution in [0.5, 0.6) is 0 Å². The number of hydrogen-bond donors (Lipinski definition) is 1. The molecule has 1 atom stereocenters. The van der Waals surface area contributed by atoms with Crippen LogP contribution in [0, 0.1) is 11.8 Å². The number of rotatable bonds is 2. The molecule has 0 heterocycles. The maximum Gasteiger partial charge on any atom is 0.407 e. The van der Waals surface area contributed by atoms with E-state index in [1.54, 1.807) is 6.92 Å². The summed E-state index contributed by atoms with van der Waals surface area (Å²) >= 11 is 0. The van der Waals surface area contributed by atoms with Crippen LogP contribution in [0.1, 0.15) is 20.3 Å². The number of ether oxygens (including phenoxy) is 1. The third-order valence-corrected chi connectivity index (χ3v) is 1.13. The molecule has 0 aromatic heterocycles. The lowest BCUT2D eigenvalue weighted by atomic mass is 10.2. The molecule has 0 aliphatic rings. The minimum absolute atomic E-state index is 0.0508. The van der Waals surface area contributed by atoms with E-state index in [9.17, 15) is 4.79 Å². The van der Waals surface area contributed by atoms with E-state index in [2.05, 4.69) is 21.9 Å². The molecule has 1 unspecified atom stereocenters. The van der Waals surface area contributed by atoms with Gasteiger partial charge in [0.1, 0.15) is 0 Å². The second kappa shape index (κ2) is 5.60. The first-order chi connectivity index (χ1) is 5.20. The van der Waals surface area contributed by atoms with Gasteiger partial charge in [-0.3, -0.25) is 0 Å². The van der Waals surface area contributed by atoms with Gasteiger partial charge < -0.3 is 10.1 Å². The fraction of sp³-hybridized carbons (Fsp3) is 0.625. The minimum Gasteiger partial charge on any atom is -0.453 e. The highest BCUT2D eigenvalue weighted by atomic mass is 16.5. The second-order valence-corrected chi connectivity index (χ2v) is 2.17. The number of carbonyl (C=O) groups excluding carboxylic acids is 1. The summed E-state index contributed by atoms with van der Waals surface area (Å²) in [5.74, 6) is 5.60.